The molecule has 1 aromatic heterocycles. The number of rotatable bonds is 8. The highest BCUT2D eigenvalue weighted by Gasteiger charge is 2.09. The molecule has 7 nitrogen and oxygen atoms in total. The van der Waals surface area contributed by atoms with Crippen molar-refractivity contribution >= 4 is 15.9 Å². The predicted octanol–water partition coefficient (Wildman–Crippen LogP) is 2.17. The van der Waals surface area contributed by atoms with Gasteiger partial charge in [0.15, 0.2) is 0 Å². The second-order valence-corrected chi connectivity index (χ2v) is 7.96. The number of pyridine rings is 1. The zero-order chi connectivity index (χ0) is 20.7. The third-order valence-corrected chi connectivity index (χ3v) is 5.05. The maximum atomic E-state index is 12.2. The fourth-order valence-electron chi connectivity index (χ4n) is 2.63. The van der Waals surface area contributed by atoms with Crippen LogP contribution >= 0.6 is 0 Å². The van der Waals surface area contributed by atoms with Gasteiger partial charge in [0.2, 0.25) is 15.9 Å². The van der Waals surface area contributed by atoms with Gasteiger partial charge in [-0.05, 0) is 47.5 Å². The summed E-state index contributed by atoms with van der Waals surface area (Å²) in [7, 11) is -3.74. The lowest BCUT2D eigenvalue weighted by atomic mass is 10.1. The van der Waals surface area contributed by atoms with E-state index in [1.807, 2.05) is 42.5 Å². The van der Waals surface area contributed by atoms with Gasteiger partial charge in [-0.3, -0.25) is 9.78 Å². The van der Waals surface area contributed by atoms with Crippen LogP contribution in [-0.4, -0.2) is 19.3 Å². The zero-order valence-corrected chi connectivity index (χ0v) is 16.4. The van der Waals surface area contributed by atoms with Crippen molar-refractivity contribution in [2.75, 3.05) is 0 Å². The number of hydrogen-bond donors (Lipinski definition) is 2. The van der Waals surface area contributed by atoms with Crippen molar-refractivity contribution in [3.63, 3.8) is 0 Å². The van der Waals surface area contributed by atoms with E-state index >= 15 is 0 Å². The Balaban J connectivity index is 1.51. The maximum Gasteiger partial charge on any atom is 0.238 e. The highest BCUT2D eigenvalue weighted by Crippen LogP contribution is 2.15. The molecule has 150 valence electrons. The van der Waals surface area contributed by atoms with Crippen LogP contribution in [0.25, 0.3) is 0 Å². The van der Waals surface area contributed by atoms with Crippen molar-refractivity contribution in [2.45, 2.75) is 24.5 Å². The van der Waals surface area contributed by atoms with E-state index in [0.717, 1.165) is 11.3 Å². The average molecular weight is 411 g/mol. The van der Waals surface area contributed by atoms with E-state index in [4.69, 9.17) is 9.88 Å². The molecule has 1 heterocycles. The van der Waals surface area contributed by atoms with Crippen LogP contribution in [0.15, 0.2) is 77.8 Å². The molecule has 29 heavy (non-hydrogen) atoms. The molecule has 1 amide bonds. The minimum Gasteiger partial charge on any atom is -0.487 e. The normalized spacial score (nSPS) is 11.1. The summed E-state index contributed by atoms with van der Waals surface area (Å²) in [4.78, 5) is 16.4. The number of nitrogens with two attached hydrogens (primary N) is 1. The van der Waals surface area contributed by atoms with E-state index in [1.54, 1.807) is 18.3 Å². The molecule has 0 radical (unpaired) electrons. The number of hydrogen-bond acceptors (Lipinski definition) is 5. The number of primary sulfonamides is 1. The number of nitrogens with zero attached hydrogens (tertiary/aromatic N) is 1. The SMILES string of the molecule is NS(=O)(=O)c1ccc(CC(=O)NCc2cccc(OCc3ccccn3)c2)cc1. The van der Waals surface area contributed by atoms with Crippen LogP contribution in [0, 0.1) is 0 Å². The molecule has 0 unspecified atom stereocenters. The average Bonchev–Trinajstić information content (AvgIpc) is 2.72. The summed E-state index contributed by atoms with van der Waals surface area (Å²) in [6.07, 6.45) is 1.86. The quantitative estimate of drug-likeness (QED) is 0.590. The van der Waals surface area contributed by atoms with Crippen molar-refractivity contribution in [1.29, 1.82) is 0 Å². The summed E-state index contributed by atoms with van der Waals surface area (Å²) in [6, 6.07) is 19.0. The Morgan fingerprint density at radius 2 is 1.79 bits per heavy atom. The van der Waals surface area contributed by atoms with Gasteiger partial charge >= 0.3 is 0 Å². The van der Waals surface area contributed by atoms with Gasteiger partial charge < -0.3 is 10.1 Å². The van der Waals surface area contributed by atoms with Crippen molar-refractivity contribution in [1.82, 2.24) is 10.3 Å². The monoisotopic (exact) mass is 411 g/mol. The lowest BCUT2D eigenvalue weighted by Gasteiger charge is -2.09. The first-order valence-electron chi connectivity index (χ1n) is 8.90. The second-order valence-electron chi connectivity index (χ2n) is 6.40. The first kappa shape index (κ1) is 20.5. The molecule has 3 rings (SSSR count). The standard InChI is InChI=1S/C21H21N3O4S/c22-29(26,27)20-9-7-16(8-10-20)13-21(25)24-14-17-4-3-6-19(12-17)28-15-18-5-1-2-11-23-18/h1-12H,13-15H2,(H,24,25)(H2,22,26,27). The first-order valence-corrected chi connectivity index (χ1v) is 10.4. The van der Waals surface area contributed by atoms with Crippen molar-refractivity contribution in [3.05, 3.63) is 89.7 Å². The molecule has 0 aliphatic heterocycles. The molecule has 2 aromatic carbocycles. The molecule has 0 spiro atoms. The Morgan fingerprint density at radius 3 is 2.48 bits per heavy atom. The Hall–Kier alpha value is -3.23. The third-order valence-electron chi connectivity index (χ3n) is 4.12. The van der Waals surface area contributed by atoms with Crippen LogP contribution in [0.2, 0.25) is 0 Å². The first-order chi connectivity index (χ1) is 13.9. The molecule has 3 N–H and O–H groups in total. The number of sulfonamides is 1. The van der Waals surface area contributed by atoms with Crippen molar-refractivity contribution in [3.8, 4) is 5.75 Å². The lowest BCUT2D eigenvalue weighted by molar-refractivity contribution is -0.120. The molecule has 3 aromatic rings. The van der Waals surface area contributed by atoms with Crippen LogP contribution in [0.4, 0.5) is 0 Å². The number of carbonyl (C=O) groups is 1. The van der Waals surface area contributed by atoms with Crippen LogP contribution in [0.3, 0.4) is 0 Å². The summed E-state index contributed by atoms with van der Waals surface area (Å²) in [5.74, 6) is 0.522. The fourth-order valence-corrected chi connectivity index (χ4v) is 3.15. The maximum absolute atomic E-state index is 12.2. The topological polar surface area (TPSA) is 111 Å². The van der Waals surface area contributed by atoms with Gasteiger partial charge in [-0.2, -0.15) is 0 Å². The smallest absolute Gasteiger partial charge is 0.238 e. The van der Waals surface area contributed by atoms with E-state index in [9.17, 15) is 13.2 Å². The lowest BCUT2D eigenvalue weighted by Crippen LogP contribution is -2.24. The van der Waals surface area contributed by atoms with Gasteiger partial charge in [-0.1, -0.05) is 30.3 Å². The van der Waals surface area contributed by atoms with Crippen molar-refractivity contribution < 1.29 is 17.9 Å². The van der Waals surface area contributed by atoms with E-state index < -0.39 is 10.0 Å². The van der Waals surface area contributed by atoms with Gasteiger partial charge in [0.05, 0.1) is 17.0 Å². The molecule has 0 saturated carbocycles. The molecule has 0 bridgehead atoms. The minimum absolute atomic E-state index is 0.0178. The van der Waals surface area contributed by atoms with E-state index in [0.29, 0.717) is 24.5 Å². The van der Waals surface area contributed by atoms with Crippen LogP contribution in [0.5, 0.6) is 5.75 Å². The summed E-state index contributed by atoms with van der Waals surface area (Å²) in [5, 5.41) is 7.91. The third kappa shape index (κ3) is 6.41. The predicted molar refractivity (Wildman–Crippen MR) is 108 cm³/mol. The molecular formula is C21H21N3O4S. The Kier molecular flexibility index (Phi) is 6.58. The van der Waals surface area contributed by atoms with Gasteiger partial charge in [0.1, 0.15) is 12.4 Å². The molecule has 0 fully saturated rings. The Bertz CT molecular complexity index is 1070. The van der Waals surface area contributed by atoms with Crippen LogP contribution in [0.1, 0.15) is 16.8 Å². The second kappa shape index (κ2) is 9.31. The molecule has 0 atom stereocenters. The Morgan fingerprint density at radius 1 is 1.00 bits per heavy atom. The highest BCUT2D eigenvalue weighted by molar-refractivity contribution is 7.89. The van der Waals surface area contributed by atoms with Gasteiger partial charge in [0, 0.05) is 12.7 Å². The Labute approximate surface area is 169 Å². The summed E-state index contributed by atoms with van der Waals surface area (Å²) < 4.78 is 28.3. The minimum atomic E-state index is -3.74. The van der Waals surface area contributed by atoms with E-state index in [1.165, 1.54) is 12.1 Å². The largest absolute Gasteiger partial charge is 0.487 e. The number of aromatic nitrogens is 1. The number of nitrogens with one attached hydrogen (secondary N) is 1. The number of benzene rings is 2. The molecule has 0 saturated heterocycles. The van der Waals surface area contributed by atoms with Crippen molar-refractivity contribution in [2.24, 2.45) is 5.14 Å². The van der Waals surface area contributed by atoms with E-state index in [2.05, 4.69) is 10.3 Å². The van der Waals surface area contributed by atoms with Gasteiger partial charge in [-0.25, -0.2) is 13.6 Å². The molecule has 0 aliphatic carbocycles. The molecule has 8 heteroatoms. The number of ether oxygens (including phenoxy) is 1. The summed E-state index contributed by atoms with van der Waals surface area (Å²) in [5.41, 5.74) is 2.43. The summed E-state index contributed by atoms with van der Waals surface area (Å²) >= 11 is 0. The van der Waals surface area contributed by atoms with Crippen LogP contribution in [-0.2, 0) is 34.4 Å². The zero-order valence-electron chi connectivity index (χ0n) is 15.6. The van der Waals surface area contributed by atoms with Gasteiger partial charge in [0.25, 0.3) is 0 Å². The molecular weight excluding hydrogens is 390 g/mol. The number of amides is 1. The van der Waals surface area contributed by atoms with E-state index in [-0.39, 0.29) is 17.2 Å². The van der Waals surface area contributed by atoms with Gasteiger partial charge in [-0.15, -0.1) is 0 Å². The summed E-state index contributed by atoms with van der Waals surface area (Å²) in [6.45, 7) is 0.722. The number of carbonyl (C=O) groups excluding carboxylic acids is 1. The highest BCUT2D eigenvalue weighted by atomic mass is 32.2. The molecule has 0 aliphatic rings. The van der Waals surface area contributed by atoms with Crippen LogP contribution < -0.4 is 15.2 Å². The fraction of sp³-hybridized carbons (Fsp3) is 0.143.